The minimum absolute atomic E-state index is 0.0124. The molecular formula is C19H20ClNO2. The summed E-state index contributed by atoms with van der Waals surface area (Å²) < 4.78 is 5.62. The van der Waals surface area contributed by atoms with E-state index < -0.39 is 0 Å². The van der Waals surface area contributed by atoms with Crippen molar-refractivity contribution in [2.45, 2.75) is 25.8 Å². The molecule has 1 N–H and O–H groups in total. The van der Waals surface area contributed by atoms with Gasteiger partial charge in [0.15, 0.2) is 6.61 Å². The number of nitrogens with one attached hydrogen (secondary N) is 1. The van der Waals surface area contributed by atoms with E-state index in [9.17, 15) is 4.79 Å². The highest BCUT2D eigenvalue weighted by Crippen LogP contribution is 2.40. The highest BCUT2D eigenvalue weighted by Gasteiger charge is 2.33. The summed E-state index contributed by atoms with van der Waals surface area (Å²) in [4.78, 5) is 12.2. The molecule has 2 aromatic carbocycles. The van der Waals surface area contributed by atoms with Crippen LogP contribution < -0.4 is 10.1 Å². The Hall–Kier alpha value is -2.00. The SMILES string of the molecule is Cc1cc(Cl)ccc1OCC(=O)NC(c1ccccc1)C1CC1. The first kappa shape index (κ1) is 15.9. The van der Waals surface area contributed by atoms with Crippen molar-refractivity contribution in [3.05, 3.63) is 64.7 Å². The molecule has 0 saturated heterocycles. The van der Waals surface area contributed by atoms with Gasteiger partial charge in [-0.15, -0.1) is 0 Å². The van der Waals surface area contributed by atoms with E-state index in [1.54, 1.807) is 12.1 Å². The second kappa shape index (κ2) is 7.05. The lowest BCUT2D eigenvalue weighted by Gasteiger charge is -2.19. The first-order chi connectivity index (χ1) is 11.1. The second-order valence-electron chi connectivity index (χ2n) is 5.99. The third-order valence-electron chi connectivity index (χ3n) is 4.06. The molecule has 1 fully saturated rings. The number of rotatable bonds is 6. The quantitative estimate of drug-likeness (QED) is 0.858. The van der Waals surface area contributed by atoms with Crippen molar-refractivity contribution in [2.24, 2.45) is 5.92 Å². The summed E-state index contributed by atoms with van der Waals surface area (Å²) in [6, 6.07) is 15.6. The Morgan fingerprint density at radius 1 is 1.26 bits per heavy atom. The Labute approximate surface area is 141 Å². The second-order valence-corrected chi connectivity index (χ2v) is 6.43. The average Bonchev–Trinajstić information content (AvgIpc) is 3.37. The summed E-state index contributed by atoms with van der Waals surface area (Å²) >= 11 is 5.92. The van der Waals surface area contributed by atoms with E-state index in [-0.39, 0.29) is 18.6 Å². The number of amides is 1. The number of carbonyl (C=O) groups is 1. The average molecular weight is 330 g/mol. The molecule has 0 bridgehead atoms. The zero-order valence-corrected chi connectivity index (χ0v) is 13.8. The van der Waals surface area contributed by atoms with Gasteiger partial charge in [-0.05, 0) is 55.0 Å². The van der Waals surface area contributed by atoms with Gasteiger partial charge >= 0.3 is 0 Å². The molecule has 0 radical (unpaired) electrons. The lowest BCUT2D eigenvalue weighted by Crippen LogP contribution is -2.33. The smallest absolute Gasteiger partial charge is 0.258 e. The van der Waals surface area contributed by atoms with Crippen LogP contribution in [0.5, 0.6) is 5.75 Å². The molecule has 4 heteroatoms. The third kappa shape index (κ3) is 4.26. The van der Waals surface area contributed by atoms with Crippen molar-refractivity contribution in [3.63, 3.8) is 0 Å². The number of ether oxygens (including phenoxy) is 1. The lowest BCUT2D eigenvalue weighted by atomic mass is 10.0. The van der Waals surface area contributed by atoms with Gasteiger partial charge in [-0.2, -0.15) is 0 Å². The molecule has 1 saturated carbocycles. The van der Waals surface area contributed by atoms with Crippen molar-refractivity contribution in [2.75, 3.05) is 6.61 Å². The van der Waals surface area contributed by atoms with Crippen molar-refractivity contribution < 1.29 is 9.53 Å². The monoisotopic (exact) mass is 329 g/mol. The molecule has 1 aliphatic carbocycles. The van der Waals surface area contributed by atoms with E-state index in [2.05, 4.69) is 17.4 Å². The summed E-state index contributed by atoms with van der Waals surface area (Å²) in [5.74, 6) is 1.13. The molecule has 1 atom stereocenters. The fourth-order valence-electron chi connectivity index (χ4n) is 2.70. The molecule has 0 spiro atoms. The van der Waals surface area contributed by atoms with Gasteiger partial charge in [-0.3, -0.25) is 4.79 Å². The molecule has 1 amide bonds. The number of hydrogen-bond acceptors (Lipinski definition) is 2. The number of hydrogen-bond donors (Lipinski definition) is 1. The van der Waals surface area contributed by atoms with Crippen LogP contribution in [0.4, 0.5) is 0 Å². The predicted octanol–water partition coefficient (Wildman–Crippen LogP) is 4.29. The van der Waals surface area contributed by atoms with Crippen LogP contribution in [0, 0.1) is 12.8 Å². The maximum Gasteiger partial charge on any atom is 0.258 e. The van der Waals surface area contributed by atoms with Crippen LogP contribution in [0.15, 0.2) is 48.5 Å². The van der Waals surface area contributed by atoms with E-state index >= 15 is 0 Å². The fourth-order valence-corrected chi connectivity index (χ4v) is 2.92. The van der Waals surface area contributed by atoms with E-state index in [4.69, 9.17) is 16.3 Å². The molecule has 2 aromatic rings. The Morgan fingerprint density at radius 3 is 2.65 bits per heavy atom. The first-order valence-electron chi connectivity index (χ1n) is 7.87. The Morgan fingerprint density at radius 2 is 2.00 bits per heavy atom. The van der Waals surface area contributed by atoms with Crippen molar-refractivity contribution >= 4 is 17.5 Å². The van der Waals surface area contributed by atoms with E-state index in [1.165, 1.54) is 0 Å². The van der Waals surface area contributed by atoms with Gasteiger partial charge in [0.1, 0.15) is 5.75 Å². The molecule has 3 nitrogen and oxygen atoms in total. The predicted molar refractivity (Wildman–Crippen MR) is 91.7 cm³/mol. The van der Waals surface area contributed by atoms with Crippen LogP contribution in [0.2, 0.25) is 5.02 Å². The largest absolute Gasteiger partial charge is 0.484 e. The molecule has 0 heterocycles. The molecule has 1 aliphatic rings. The normalized spacial score (nSPS) is 15.0. The van der Waals surface area contributed by atoms with E-state index in [1.807, 2.05) is 31.2 Å². The maximum atomic E-state index is 12.2. The highest BCUT2D eigenvalue weighted by atomic mass is 35.5. The zero-order valence-electron chi connectivity index (χ0n) is 13.1. The summed E-state index contributed by atoms with van der Waals surface area (Å²) in [6.07, 6.45) is 2.33. The molecule has 3 rings (SSSR count). The van der Waals surface area contributed by atoms with E-state index in [0.717, 1.165) is 24.0 Å². The molecule has 23 heavy (non-hydrogen) atoms. The van der Waals surface area contributed by atoms with Gasteiger partial charge in [0.25, 0.3) is 5.91 Å². The molecule has 0 aromatic heterocycles. The van der Waals surface area contributed by atoms with Crippen LogP contribution in [0.25, 0.3) is 0 Å². The summed E-state index contributed by atoms with van der Waals surface area (Å²) in [5, 5.41) is 3.77. The number of halogens is 1. The Bertz CT molecular complexity index is 683. The standard InChI is InChI=1S/C19H20ClNO2/c1-13-11-16(20)9-10-17(13)23-12-18(22)21-19(15-7-8-15)14-5-3-2-4-6-14/h2-6,9-11,15,19H,7-8,12H2,1H3,(H,21,22). The van der Waals surface area contributed by atoms with Gasteiger partial charge in [-0.1, -0.05) is 41.9 Å². The summed E-state index contributed by atoms with van der Waals surface area (Å²) in [5.41, 5.74) is 2.08. The number of carbonyl (C=O) groups excluding carboxylic acids is 1. The number of benzene rings is 2. The number of aryl methyl sites for hydroxylation is 1. The molecule has 0 aliphatic heterocycles. The topological polar surface area (TPSA) is 38.3 Å². The minimum atomic E-state index is -0.0971. The van der Waals surface area contributed by atoms with Crippen molar-refractivity contribution in [1.29, 1.82) is 0 Å². The van der Waals surface area contributed by atoms with Crippen molar-refractivity contribution in [1.82, 2.24) is 5.32 Å². The van der Waals surface area contributed by atoms with Crippen LogP contribution in [0.3, 0.4) is 0 Å². The third-order valence-corrected chi connectivity index (χ3v) is 4.30. The van der Waals surface area contributed by atoms with Crippen molar-refractivity contribution in [3.8, 4) is 5.75 Å². The van der Waals surface area contributed by atoms with Crippen LogP contribution >= 0.6 is 11.6 Å². The van der Waals surface area contributed by atoms with Gasteiger partial charge in [0, 0.05) is 5.02 Å². The molecule has 120 valence electrons. The van der Waals surface area contributed by atoms with Gasteiger partial charge in [0.2, 0.25) is 0 Å². The van der Waals surface area contributed by atoms with Crippen LogP contribution in [-0.2, 0) is 4.79 Å². The van der Waals surface area contributed by atoms with Gasteiger partial charge in [-0.25, -0.2) is 0 Å². The Balaban J connectivity index is 1.59. The summed E-state index contributed by atoms with van der Waals surface area (Å²) in [6.45, 7) is 1.93. The summed E-state index contributed by atoms with van der Waals surface area (Å²) in [7, 11) is 0. The maximum absolute atomic E-state index is 12.2. The first-order valence-corrected chi connectivity index (χ1v) is 8.24. The molecule has 1 unspecified atom stereocenters. The van der Waals surface area contributed by atoms with Crippen LogP contribution in [0.1, 0.15) is 30.0 Å². The molecular weight excluding hydrogens is 310 g/mol. The highest BCUT2D eigenvalue weighted by molar-refractivity contribution is 6.30. The zero-order chi connectivity index (χ0) is 16.2. The van der Waals surface area contributed by atoms with Gasteiger partial charge < -0.3 is 10.1 Å². The fraction of sp³-hybridized carbons (Fsp3) is 0.316. The lowest BCUT2D eigenvalue weighted by molar-refractivity contribution is -0.124. The Kier molecular flexibility index (Phi) is 4.87. The van der Waals surface area contributed by atoms with E-state index in [0.29, 0.717) is 16.7 Å². The minimum Gasteiger partial charge on any atom is -0.484 e. The van der Waals surface area contributed by atoms with Crippen LogP contribution in [-0.4, -0.2) is 12.5 Å². The van der Waals surface area contributed by atoms with Gasteiger partial charge in [0.05, 0.1) is 6.04 Å².